The lowest BCUT2D eigenvalue weighted by molar-refractivity contribution is -0.135. The summed E-state index contributed by atoms with van der Waals surface area (Å²) in [7, 11) is 0. The van der Waals surface area contributed by atoms with E-state index in [4.69, 9.17) is 10.2 Å². The second kappa shape index (κ2) is 7.02. The van der Waals surface area contributed by atoms with Crippen LogP contribution in [0.15, 0.2) is 47.5 Å². The van der Waals surface area contributed by atoms with Gasteiger partial charge in [-0.1, -0.05) is 24.3 Å². The number of aliphatic hydroxyl groups excluding tert-OH is 1. The van der Waals surface area contributed by atoms with E-state index >= 15 is 0 Å². The summed E-state index contributed by atoms with van der Waals surface area (Å²) in [4.78, 5) is 34.5. The van der Waals surface area contributed by atoms with Gasteiger partial charge in [0.25, 0.3) is 0 Å². The monoisotopic (exact) mass is 330 g/mol. The van der Waals surface area contributed by atoms with Gasteiger partial charge in [-0.25, -0.2) is 4.79 Å². The molecule has 118 valence electrons. The number of carboxylic acid groups (broad SMARTS) is 1. The van der Waals surface area contributed by atoms with E-state index in [2.05, 4.69) is 0 Å². The van der Waals surface area contributed by atoms with Crippen molar-refractivity contribution >= 4 is 28.9 Å². The molecule has 6 heteroatoms. The average Bonchev–Trinajstić information content (AvgIpc) is 2.96. The van der Waals surface area contributed by atoms with Crippen LogP contribution < -0.4 is 0 Å². The molecule has 0 bridgehead atoms. The fourth-order valence-electron chi connectivity index (χ4n) is 1.93. The van der Waals surface area contributed by atoms with E-state index in [1.807, 2.05) is 12.1 Å². The smallest absolute Gasteiger partial charge is 0.371 e. The summed E-state index contributed by atoms with van der Waals surface area (Å²) < 4.78 is 0. The van der Waals surface area contributed by atoms with Gasteiger partial charge < -0.3 is 10.2 Å². The van der Waals surface area contributed by atoms with Crippen molar-refractivity contribution in [3.8, 4) is 0 Å². The van der Waals surface area contributed by atoms with E-state index in [-0.39, 0.29) is 5.78 Å². The average molecular weight is 330 g/mol. The van der Waals surface area contributed by atoms with Gasteiger partial charge in [-0.15, -0.1) is 11.3 Å². The standard InChI is InChI=1S/C17H14O5S/c1-10(18)12-4-2-11(3-5-12)6-14-7-13(9-23-14)15(19)8-16(20)17(21)22/h2-5,7-9,20H,6H2,1H3,(H,21,22). The zero-order valence-electron chi connectivity index (χ0n) is 12.3. The Kier molecular flexibility index (Phi) is 5.08. The van der Waals surface area contributed by atoms with Crippen LogP contribution in [-0.4, -0.2) is 27.7 Å². The lowest BCUT2D eigenvalue weighted by atomic mass is 10.1. The van der Waals surface area contributed by atoms with Gasteiger partial charge in [-0.05, 0) is 18.6 Å². The first-order valence-electron chi connectivity index (χ1n) is 6.72. The minimum absolute atomic E-state index is 0.00517. The predicted molar refractivity (Wildman–Crippen MR) is 86.2 cm³/mol. The molecule has 2 aromatic rings. The largest absolute Gasteiger partial charge is 0.502 e. The normalized spacial score (nSPS) is 11.3. The van der Waals surface area contributed by atoms with E-state index in [1.165, 1.54) is 18.3 Å². The van der Waals surface area contributed by atoms with Crippen molar-refractivity contribution in [2.75, 3.05) is 0 Å². The van der Waals surface area contributed by atoms with Crippen LogP contribution in [0.5, 0.6) is 0 Å². The highest BCUT2D eigenvalue weighted by Crippen LogP contribution is 2.20. The van der Waals surface area contributed by atoms with Gasteiger partial charge in [0.1, 0.15) is 0 Å². The first-order valence-corrected chi connectivity index (χ1v) is 7.60. The van der Waals surface area contributed by atoms with Crippen molar-refractivity contribution in [1.82, 2.24) is 0 Å². The Morgan fingerprint density at radius 1 is 1.09 bits per heavy atom. The molecule has 0 amide bonds. The maximum Gasteiger partial charge on any atom is 0.371 e. The van der Waals surface area contributed by atoms with E-state index in [1.54, 1.807) is 23.6 Å². The molecule has 0 aliphatic carbocycles. The van der Waals surface area contributed by atoms with Crippen molar-refractivity contribution in [2.45, 2.75) is 13.3 Å². The summed E-state index contributed by atoms with van der Waals surface area (Å²) in [5, 5.41) is 19.3. The number of hydrogen-bond acceptors (Lipinski definition) is 5. The van der Waals surface area contributed by atoms with Gasteiger partial charge in [0.05, 0.1) is 0 Å². The maximum absolute atomic E-state index is 11.8. The van der Waals surface area contributed by atoms with Crippen LogP contribution in [-0.2, 0) is 11.2 Å². The van der Waals surface area contributed by atoms with E-state index in [0.29, 0.717) is 23.6 Å². The number of hydrogen-bond donors (Lipinski definition) is 2. The molecular formula is C17H14O5S. The number of aliphatic hydroxyl groups is 1. The number of allylic oxidation sites excluding steroid dienone is 1. The molecule has 0 radical (unpaired) electrons. The van der Waals surface area contributed by atoms with E-state index < -0.39 is 17.5 Å². The fourth-order valence-corrected chi connectivity index (χ4v) is 2.84. The SMILES string of the molecule is CC(=O)c1ccc(Cc2cc(C(=O)C=C(O)C(=O)O)cs2)cc1. The molecule has 1 heterocycles. The third kappa shape index (κ3) is 4.37. The summed E-state index contributed by atoms with van der Waals surface area (Å²) >= 11 is 1.37. The highest BCUT2D eigenvalue weighted by molar-refractivity contribution is 7.10. The number of carboxylic acids is 1. The summed E-state index contributed by atoms with van der Waals surface area (Å²) in [6, 6.07) is 8.88. The quantitative estimate of drug-likeness (QED) is 0.482. The zero-order chi connectivity index (χ0) is 17.0. The number of ketones is 2. The summed E-state index contributed by atoms with van der Waals surface area (Å²) in [6.07, 6.45) is 1.29. The Bertz CT molecular complexity index is 784. The van der Waals surface area contributed by atoms with Gasteiger partial charge in [-0.3, -0.25) is 9.59 Å². The Morgan fingerprint density at radius 3 is 2.30 bits per heavy atom. The molecule has 2 rings (SSSR count). The molecule has 0 saturated heterocycles. The molecule has 0 aliphatic rings. The van der Waals surface area contributed by atoms with Gasteiger partial charge in [-0.2, -0.15) is 0 Å². The van der Waals surface area contributed by atoms with Crippen LogP contribution in [0, 0.1) is 0 Å². The van der Waals surface area contributed by atoms with Gasteiger partial charge in [0.2, 0.25) is 5.76 Å². The van der Waals surface area contributed by atoms with Crippen molar-refractivity contribution in [3.05, 3.63) is 69.1 Å². The van der Waals surface area contributed by atoms with Crippen LogP contribution in [0.4, 0.5) is 0 Å². The molecule has 0 aliphatic heterocycles. The first kappa shape index (κ1) is 16.6. The second-order valence-corrected chi connectivity index (χ2v) is 5.93. The molecule has 5 nitrogen and oxygen atoms in total. The molecule has 0 unspecified atom stereocenters. The van der Waals surface area contributed by atoms with Gasteiger partial charge >= 0.3 is 5.97 Å². The van der Waals surface area contributed by atoms with Crippen LogP contribution >= 0.6 is 11.3 Å². The maximum atomic E-state index is 11.8. The fraction of sp³-hybridized carbons (Fsp3) is 0.118. The lowest BCUT2D eigenvalue weighted by Crippen LogP contribution is -2.03. The predicted octanol–water partition coefficient (Wildman–Crippen LogP) is 3.25. The number of benzene rings is 1. The van der Waals surface area contributed by atoms with Crippen molar-refractivity contribution in [3.63, 3.8) is 0 Å². The number of Topliss-reactive ketones (excluding diaryl/α,β-unsaturated/α-hetero) is 1. The third-order valence-electron chi connectivity index (χ3n) is 3.16. The first-order chi connectivity index (χ1) is 10.9. The van der Waals surface area contributed by atoms with E-state index in [0.717, 1.165) is 10.4 Å². The molecule has 1 aromatic heterocycles. The van der Waals surface area contributed by atoms with Crippen molar-refractivity contribution < 1.29 is 24.6 Å². The minimum atomic E-state index is -1.54. The number of aliphatic carboxylic acids is 1. The molecule has 0 fully saturated rings. The molecular weight excluding hydrogens is 316 g/mol. The lowest BCUT2D eigenvalue weighted by Gasteiger charge is -2.00. The molecule has 0 saturated carbocycles. The Balaban J connectivity index is 2.10. The van der Waals surface area contributed by atoms with Gasteiger partial charge in [0, 0.05) is 33.9 Å². The number of carbonyl (C=O) groups is 3. The molecule has 0 atom stereocenters. The number of carbonyl (C=O) groups excluding carboxylic acids is 2. The molecule has 2 N–H and O–H groups in total. The second-order valence-electron chi connectivity index (χ2n) is 4.93. The van der Waals surface area contributed by atoms with Crippen LogP contribution in [0.25, 0.3) is 0 Å². The van der Waals surface area contributed by atoms with Crippen LogP contribution in [0.2, 0.25) is 0 Å². The zero-order valence-corrected chi connectivity index (χ0v) is 13.1. The third-order valence-corrected chi connectivity index (χ3v) is 4.10. The number of thiophene rings is 1. The molecule has 23 heavy (non-hydrogen) atoms. The minimum Gasteiger partial charge on any atom is -0.502 e. The highest BCUT2D eigenvalue weighted by atomic mass is 32.1. The van der Waals surface area contributed by atoms with Gasteiger partial charge in [0.15, 0.2) is 11.6 Å². The Labute approximate surface area is 136 Å². The summed E-state index contributed by atoms with van der Waals surface area (Å²) in [6.45, 7) is 1.51. The van der Waals surface area contributed by atoms with Crippen molar-refractivity contribution in [1.29, 1.82) is 0 Å². The summed E-state index contributed by atoms with van der Waals surface area (Å²) in [5.74, 6) is -3.08. The number of rotatable bonds is 6. The van der Waals surface area contributed by atoms with Crippen molar-refractivity contribution in [2.24, 2.45) is 0 Å². The molecule has 0 spiro atoms. The Hall–Kier alpha value is -2.73. The highest BCUT2D eigenvalue weighted by Gasteiger charge is 2.11. The summed E-state index contributed by atoms with van der Waals surface area (Å²) in [5.41, 5.74) is 1.98. The topological polar surface area (TPSA) is 91.7 Å². The van der Waals surface area contributed by atoms with E-state index in [9.17, 15) is 14.4 Å². The van der Waals surface area contributed by atoms with Crippen LogP contribution in [0.1, 0.15) is 38.1 Å². The molecule has 1 aromatic carbocycles. The Morgan fingerprint density at radius 2 is 1.74 bits per heavy atom. The van der Waals surface area contributed by atoms with Crippen LogP contribution in [0.3, 0.4) is 0 Å².